The molecule has 2 heterocycles. The Balaban J connectivity index is 2.09. The molecule has 0 radical (unpaired) electrons. The van der Waals surface area contributed by atoms with Crippen molar-refractivity contribution in [3.05, 3.63) is 46.6 Å². The molecule has 0 atom stereocenters. The van der Waals surface area contributed by atoms with E-state index in [1.54, 1.807) is 13.8 Å². The van der Waals surface area contributed by atoms with E-state index >= 15 is 0 Å². The van der Waals surface area contributed by atoms with Crippen LogP contribution >= 0.6 is 11.3 Å². The van der Waals surface area contributed by atoms with Crippen molar-refractivity contribution in [2.24, 2.45) is 0 Å². The summed E-state index contributed by atoms with van der Waals surface area (Å²) in [5, 5.41) is 3.23. The molecular weight excluding hydrogens is 367 g/mol. The SMILES string of the molecule is CCOC(=O)c1sc2ncnc(Nc3ccccc3C(F)(F)F)c2c1C. The number of halogens is 3. The van der Waals surface area contributed by atoms with E-state index in [9.17, 15) is 18.0 Å². The lowest BCUT2D eigenvalue weighted by molar-refractivity contribution is -0.136. The number of aryl methyl sites for hydroxylation is 1. The first-order chi connectivity index (χ1) is 12.3. The summed E-state index contributed by atoms with van der Waals surface area (Å²) in [7, 11) is 0. The van der Waals surface area contributed by atoms with Gasteiger partial charge in [0, 0.05) is 0 Å². The fraction of sp³-hybridized carbons (Fsp3) is 0.235. The first-order valence-electron chi connectivity index (χ1n) is 7.67. The van der Waals surface area contributed by atoms with E-state index in [4.69, 9.17) is 4.74 Å². The number of rotatable bonds is 4. The number of alkyl halides is 3. The lowest BCUT2D eigenvalue weighted by atomic mass is 10.1. The van der Waals surface area contributed by atoms with Crippen molar-refractivity contribution >= 4 is 39.0 Å². The highest BCUT2D eigenvalue weighted by Crippen LogP contribution is 2.38. The minimum atomic E-state index is -4.50. The molecule has 0 amide bonds. The van der Waals surface area contributed by atoms with E-state index in [1.165, 1.54) is 24.5 Å². The van der Waals surface area contributed by atoms with Crippen LogP contribution in [0, 0.1) is 6.92 Å². The maximum atomic E-state index is 13.2. The maximum absolute atomic E-state index is 13.2. The Hall–Kier alpha value is -2.68. The smallest absolute Gasteiger partial charge is 0.418 e. The van der Waals surface area contributed by atoms with Crippen LogP contribution < -0.4 is 5.32 Å². The molecule has 2 aromatic heterocycles. The molecule has 1 N–H and O–H groups in total. The normalized spacial score (nSPS) is 11.6. The van der Waals surface area contributed by atoms with Crippen LogP contribution in [0.4, 0.5) is 24.7 Å². The molecule has 0 bridgehead atoms. The molecule has 1 aromatic carbocycles. The molecule has 0 saturated heterocycles. The molecule has 0 aliphatic heterocycles. The van der Waals surface area contributed by atoms with Crippen molar-refractivity contribution in [3.63, 3.8) is 0 Å². The van der Waals surface area contributed by atoms with Crippen molar-refractivity contribution in [2.45, 2.75) is 20.0 Å². The summed E-state index contributed by atoms with van der Waals surface area (Å²) in [6, 6.07) is 5.13. The topological polar surface area (TPSA) is 64.1 Å². The van der Waals surface area contributed by atoms with Gasteiger partial charge in [0.05, 0.1) is 23.2 Å². The standard InChI is InChI=1S/C17H14F3N3O2S/c1-3-25-16(24)13-9(2)12-14(21-8-22-15(12)26-13)23-11-7-5-4-6-10(11)17(18,19)20/h4-8H,3H2,1-2H3,(H,21,22,23). The van der Waals surface area contributed by atoms with E-state index in [1.807, 2.05) is 0 Å². The number of fused-ring (bicyclic) bond motifs is 1. The summed E-state index contributed by atoms with van der Waals surface area (Å²) in [4.78, 5) is 21.1. The lowest BCUT2D eigenvalue weighted by Gasteiger charge is -2.14. The summed E-state index contributed by atoms with van der Waals surface area (Å²) < 4.78 is 44.6. The first-order valence-corrected chi connectivity index (χ1v) is 8.49. The van der Waals surface area contributed by atoms with Gasteiger partial charge in [-0.15, -0.1) is 11.3 Å². The highest BCUT2D eigenvalue weighted by atomic mass is 32.1. The molecule has 0 unspecified atom stereocenters. The molecule has 3 rings (SSSR count). The second-order valence-corrected chi connectivity index (χ2v) is 6.35. The van der Waals surface area contributed by atoms with Crippen LogP contribution in [0.25, 0.3) is 10.2 Å². The van der Waals surface area contributed by atoms with Crippen LogP contribution in [-0.2, 0) is 10.9 Å². The van der Waals surface area contributed by atoms with Crippen LogP contribution in [0.3, 0.4) is 0 Å². The summed E-state index contributed by atoms with van der Waals surface area (Å²) in [5.74, 6) is -0.286. The van der Waals surface area contributed by atoms with Crippen LogP contribution in [0.2, 0.25) is 0 Å². The summed E-state index contributed by atoms with van der Waals surface area (Å²) >= 11 is 1.12. The van der Waals surface area contributed by atoms with E-state index in [2.05, 4.69) is 15.3 Å². The predicted molar refractivity (Wildman–Crippen MR) is 92.8 cm³/mol. The van der Waals surface area contributed by atoms with Gasteiger partial charge in [0.1, 0.15) is 21.9 Å². The second-order valence-electron chi connectivity index (χ2n) is 5.35. The van der Waals surface area contributed by atoms with Gasteiger partial charge in [-0.1, -0.05) is 12.1 Å². The zero-order chi connectivity index (χ0) is 18.9. The average molecular weight is 381 g/mol. The van der Waals surface area contributed by atoms with Crippen molar-refractivity contribution in [1.29, 1.82) is 0 Å². The molecule has 26 heavy (non-hydrogen) atoms. The molecule has 3 aromatic rings. The third kappa shape index (κ3) is 3.34. The van der Waals surface area contributed by atoms with Crippen molar-refractivity contribution in [1.82, 2.24) is 9.97 Å². The summed E-state index contributed by atoms with van der Waals surface area (Å²) in [5.41, 5.74) is -0.357. The minimum absolute atomic E-state index is 0.122. The van der Waals surface area contributed by atoms with Crippen LogP contribution in [0.15, 0.2) is 30.6 Å². The van der Waals surface area contributed by atoms with Crippen LogP contribution in [0.5, 0.6) is 0 Å². The van der Waals surface area contributed by atoms with Gasteiger partial charge >= 0.3 is 12.1 Å². The lowest BCUT2D eigenvalue weighted by Crippen LogP contribution is -2.09. The number of nitrogens with one attached hydrogen (secondary N) is 1. The Bertz CT molecular complexity index is 970. The third-order valence-electron chi connectivity index (χ3n) is 3.67. The number of carbonyl (C=O) groups excluding carboxylic acids is 1. The monoisotopic (exact) mass is 381 g/mol. The van der Waals surface area contributed by atoms with Gasteiger partial charge in [-0.25, -0.2) is 14.8 Å². The quantitative estimate of drug-likeness (QED) is 0.649. The van der Waals surface area contributed by atoms with E-state index < -0.39 is 17.7 Å². The summed E-state index contributed by atoms with van der Waals surface area (Å²) in [6.45, 7) is 3.61. The Morgan fingerprint density at radius 3 is 2.69 bits per heavy atom. The van der Waals surface area contributed by atoms with Gasteiger partial charge in [0.15, 0.2) is 0 Å². The van der Waals surface area contributed by atoms with Crippen LogP contribution in [-0.4, -0.2) is 22.5 Å². The van der Waals surface area contributed by atoms with Gasteiger partial charge in [-0.2, -0.15) is 13.2 Å². The zero-order valence-electron chi connectivity index (χ0n) is 13.8. The van der Waals surface area contributed by atoms with Gasteiger partial charge in [0.2, 0.25) is 0 Å². The number of hydrogen-bond acceptors (Lipinski definition) is 6. The van der Waals surface area contributed by atoms with Crippen molar-refractivity contribution in [3.8, 4) is 0 Å². The first kappa shape index (κ1) is 18.1. The summed E-state index contributed by atoms with van der Waals surface area (Å²) in [6.07, 6.45) is -3.26. The Labute approximate surface area is 150 Å². The number of nitrogens with zero attached hydrogens (tertiary/aromatic N) is 2. The van der Waals surface area contributed by atoms with Crippen LogP contribution in [0.1, 0.15) is 27.7 Å². The number of thiophene rings is 1. The Morgan fingerprint density at radius 2 is 2.00 bits per heavy atom. The van der Waals surface area contributed by atoms with Gasteiger partial charge in [0.25, 0.3) is 0 Å². The van der Waals surface area contributed by atoms with Gasteiger partial charge in [-0.3, -0.25) is 0 Å². The van der Waals surface area contributed by atoms with Gasteiger partial charge < -0.3 is 10.1 Å². The number of benzene rings is 1. The molecule has 0 aliphatic carbocycles. The number of hydrogen-bond donors (Lipinski definition) is 1. The molecule has 9 heteroatoms. The molecule has 0 fully saturated rings. The number of esters is 1. The molecule has 136 valence electrons. The van der Waals surface area contributed by atoms with E-state index in [0.717, 1.165) is 17.4 Å². The molecule has 0 spiro atoms. The number of anilines is 2. The highest BCUT2D eigenvalue weighted by molar-refractivity contribution is 7.20. The molecule has 0 saturated carbocycles. The zero-order valence-corrected chi connectivity index (χ0v) is 14.7. The van der Waals surface area contributed by atoms with Crippen molar-refractivity contribution in [2.75, 3.05) is 11.9 Å². The molecular formula is C17H14F3N3O2S. The van der Waals surface area contributed by atoms with E-state index in [0.29, 0.717) is 20.7 Å². The maximum Gasteiger partial charge on any atom is 0.418 e. The minimum Gasteiger partial charge on any atom is -0.462 e. The fourth-order valence-corrected chi connectivity index (χ4v) is 3.57. The number of aromatic nitrogens is 2. The predicted octanol–water partition coefficient (Wildman–Crippen LogP) is 4.94. The Morgan fingerprint density at radius 1 is 1.27 bits per heavy atom. The number of ether oxygens (including phenoxy) is 1. The van der Waals surface area contributed by atoms with Gasteiger partial charge in [-0.05, 0) is 31.5 Å². The number of carbonyl (C=O) groups is 1. The fourth-order valence-electron chi connectivity index (χ4n) is 2.52. The molecule has 0 aliphatic rings. The molecule has 5 nitrogen and oxygen atoms in total. The highest BCUT2D eigenvalue weighted by Gasteiger charge is 2.33. The second kappa shape index (κ2) is 6.91. The van der Waals surface area contributed by atoms with E-state index in [-0.39, 0.29) is 18.1 Å². The number of para-hydroxylation sites is 1. The average Bonchev–Trinajstić information content (AvgIpc) is 2.93. The largest absolute Gasteiger partial charge is 0.462 e. The van der Waals surface area contributed by atoms with Crippen molar-refractivity contribution < 1.29 is 22.7 Å². The Kier molecular flexibility index (Phi) is 4.82. The third-order valence-corrected chi connectivity index (χ3v) is 4.85.